The van der Waals surface area contributed by atoms with Crippen LogP contribution < -0.4 is 4.74 Å². The SMILES string of the molecule is COc1cc(C)cc(C)c1C(O)c1ccc(Cl)cc1Cl. The molecule has 0 fully saturated rings. The van der Waals surface area contributed by atoms with Gasteiger partial charge in [0, 0.05) is 21.2 Å². The second-order valence-electron chi connectivity index (χ2n) is 4.77. The summed E-state index contributed by atoms with van der Waals surface area (Å²) >= 11 is 12.1. The van der Waals surface area contributed by atoms with Gasteiger partial charge in [0.15, 0.2) is 0 Å². The summed E-state index contributed by atoms with van der Waals surface area (Å²) in [6, 6.07) is 8.97. The minimum atomic E-state index is -0.852. The topological polar surface area (TPSA) is 29.5 Å². The second kappa shape index (κ2) is 6.04. The minimum Gasteiger partial charge on any atom is -0.496 e. The number of aryl methyl sites for hydroxylation is 2. The zero-order valence-electron chi connectivity index (χ0n) is 11.6. The molecule has 20 heavy (non-hydrogen) atoms. The zero-order chi connectivity index (χ0) is 14.9. The lowest BCUT2D eigenvalue weighted by Crippen LogP contribution is -2.06. The van der Waals surface area contributed by atoms with Gasteiger partial charge in [0.25, 0.3) is 0 Å². The highest BCUT2D eigenvalue weighted by Crippen LogP contribution is 2.37. The predicted molar refractivity (Wildman–Crippen MR) is 83.0 cm³/mol. The van der Waals surface area contributed by atoms with Gasteiger partial charge in [-0.3, -0.25) is 0 Å². The van der Waals surface area contributed by atoms with Crippen LogP contribution in [0.2, 0.25) is 10.0 Å². The molecule has 0 aliphatic rings. The summed E-state index contributed by atoms with van der Waals surface area (Å²) in [4.78, 5) is 0. The predicted octanol–water partition coefficient (Wildman–Crippen LogP) is 4.70. The molecule has 0 heterocycles. The van der Waals surface area contributed by atoms with E-state index in [0.717, 1.165) is 16.7 Å². The van der Waals surface area contributed by atoms with Gasteiger partial charge in [-0.2, -0.15) is 0 Å². The lowest BCUT2D eigenvalue weighted by molar-refractivity contribution is 0.214. The van der Waals surface area contributed by atoms with Gasteiger partial charge >= 0.3 is 0 Å². The maximum atomic E-state index is 10.6. The van der Waals surface area contributed by atoms with Crippen LogP contribution in [0, 0.1) is 13.8 Å². The van der Waals surface area contributed by atoms with Crippen molar-refractivity contribution in [3.63, 3.8) is 0 Å². The molecule has 2 aromatic rings. The van der Waals surface area contributed by atoms with Crippen molar-refractivity contribution in [3.8, 4) is 5.75 Å². The van der Waals surface area contributed by atoms with E-state index in [4.69, 9.17) is 27.9 Å². The molecule has 0 aliphatic carbocycles. The molecule has 2 nitrogen and oxygen atoms in total. The van der Waals surface area contributed by atoms with Gasteiger partial charge in [0.2, 0.25) is 0 Å². The number of aliphatic hydroxyl groups is 1. The van der Waals surface area contributed by atoms with Gasteiger partial charge in [-0.15, -0.1) is 0 Å². The van der Waals surface area contributed by atoms with E-state index < -0.39 is 6.10 Å². The summed E-state index contributed by atoms with van der Waals surface area (Å²) in [6.45, 7) is 3.93. The van der Waals surface area contributed by atoms with Gasteiger partial charge < -0.3 is 9.84 Å². The van der Waals surface area contributed by atoms with Crippen LogP contribution in [0.25, 0.3) is 0 Å². The summed E-state index contributed by atoms with van der Waals surface area (Å²) in [5, 5.41) is 11.6. The molecule has 106 valence electrons. The Hall–Kier alpha value is -1.22. The molecular weight excluding hydrogens is 295 g/mol. The van der Waals surface area contributed by atoms with E-state index in [1.165, 1.54) is 0 Å². The Bertz CT molecular complexity index is 639. The monoisotopic (exact) mass is 310 g/mol. The highest BCUT2D eigenvalue weighted by molar-refractivity contribution is 6.35. The van der Waals surface area contributed by atoms with Crippen molar-refractivity contribution in [3.05, 3.63) is 62.6 Å². The maximum absolute atomic E-state index is 10.6. The first-order valence-corrected chi connectivity index (χ1v) is 6.97. The third-order valence-corrected chi connectivity index (χ3v) is 3.81. The van der Waals surface area contributed by atoms with E-state index in [1.807, 2.05) is 26.0 Å². The molecular formula is C16H16Cl2O2. The zero-order valence-corrected chi connectivity index (χ0v) is 13.1. The summed E-state index contributed by atoms with van der Waals surface area (Å²) in [7, 11) is 1.59. The third kappa shape index (κ3) is 2.93. The number of methoxy groups -OCH3 is 1. The van der Waals surface area contributed by atoms with Gasteiger partial charge in [-0.05, 0) is 43.2 Å². The lowest BCUT2D eigenvalue weighted by atomic mass is 9.95. The Morgan fingerprint density at radius 1 is 1.10 bits per heavy atom. The lowest BCUT2D eigenvalue weighted by Gasteiger charge is -2.19. The molecule has 0 aromatic heterocycles. The smallest absolute Gasteiger partial charge is 0.125 e. The average Bonchev–Trinajstić information content (AvgIpc) is 2.37. The van der Waals surface area contributed by atoms with Crippen LogP contribution in [0.5, 0.6) is 5.75 Å². The quantitative estimate of drug-likeness (QED) is 0.890. The highest BCUT2D eigenvalue weighted by Gasteiger charge is 2.20. The molecule has 1 N–H and O–H groups in total. The van der Waals surface area contributed by atoms with E-state index in [-0.39, 0.29) is 0 Å². The number of aliphatic hydroxyl groups excluding tert-OH is 1. The minimum absolute atomic E-state index is 0.437. The van der Waals surface area contributed by atoms with Crippen LogP contribution in [0.15, 0.2) is 30.3 Å². The molecule has 0 bridgehead atoms. The molecule has 2 rings (SSSR count). The van der Waals surface area contributed by atoms with Crippen molar-refractivity contribution in [1.82, 2.24) is 0 Å². The standard InChI is InChI=1S/C16H16Cl2O2/c1-9-6-10(2)15(14(7-9)20-3)16(19)12-5-4-11(17)8-13(12)18/h4-8,16,19H,1-3H3. The first kappa shape index (κ1) is 15.2. The van der Waals surface area contributed by atoms with E-state index >= 15 is 0 Å². The van der Waals surface area contributed by atoms with Crippen molar-refractivity contribution < 1.29 is 9.84 Å². The number of rotatable bonds is 3. The summed E-state index contributed by atoms with van der Waals surface area (Å²) in [6.07, 6.45) is -0.852. The fourth-order valence-corrected chi connectivity index (χ4v) is 2.85. The van der Waals surface area contributed by atoms with Crippen LogP contribution in [0.3, 0.4) is 0 Å². The van der Waals surface area contributed by atoms with Crippen molar-refractivity contribution in [2.75, 3.05) is 7.11 Å². The van der Waals surface area contributed by atoms with Gasteiger partial charge in [0.05, 0.1) is 7.11 Å². The normalized spacial score (nSPS) is 12.3. The fourth-order valence-electron chi connectivity index (χ4n) is 2.34. The van der Waals surface area contributed by atoms with Crippen molar-refractivity contribution in [2.45, 2.75) is 20.0 Å². The van der Waals surface area contributed by atoms with E-state index in [2.05, 4.69) is 0 Å². The molecule has 0 amide bonds. The van der Waals surface area contributed by atoms with Crippen molar-refractivity contribution in [1.29, 1.82) is 0 Å². The number of hydrogen-bond donors (Lipinski definition) is 1. The Morgan fingerprint density at radius 3 is 2.40 bits per heavy atom. The van der Waals surface area contributed by atoms with Crippen LogP contribution in [-0.4, -0.2) is 12.2 Å². The molecule has 1 unspecified atom stereocenters. The van der Waals surface area contributed by atoms with Gasteiger partial charge in [0.1, 0.15) is 11.9 Å². The fraction of sp³-hybridized carbons (Fsp3) is 0.250. The Morgan fingerprint density at radius 2 is 1.80 bits per heavy atom. The van der Waals surface area contributed by atoms with E-state index in [1.54, 1.807) is 25.3 Å². The largest absolute Gasteiger partial charge is 0.496 e. The van der Waals surface area contributed by atoms with Crippen LogP contribution >= 0.6 is 23.2 Å². The summed E-state index contributed by atoms with van der Waals surface area (Å²) < 4.78 is 5.38. The number of ether oxygens (including phenoxy) is 1. The summed E-state index contributed by atoms with van der Waals surface area (Å²) in [5.74, 6) is 0.654. The Labute approximate surface area is 128 Å². The third-order valence-electron chi connectivity index (χ3n) is 3.24. The summed E-state index contributed by atoms with van der Waals surface area (Å²) in [5.41, 5.74) is 3.38. The maximum Gasteiger partial charge on any atom is 0.125 e. The van der Waals surface area contributed by atoms with Crippen molar-refractivity contribution in [2.24, 2.45) is 0 Å². The second-order valence-corrected chi connectivity index (χ2v) is 5.61. The molecule has 4 heteroatoms. The molecule has 0 saturated carbocycles. The number of hydrogen-bond acceptors (Lipinski definition) is 2. The van der Waals surface area contributed by atoms with Crippen LogP contribution in [0.4, 0.5) is 0 Å². The molecule has 0 saturated heterocycles. The van der Waals surface area contributed by atoms with Gasteiger partial charge in [-0.25, -0.2) is 0 Å². The Balaban J connectivity index is 2.55. The molecule has 0 aliphatic heterocycles. The van der Waals surface area contributed by atoms with Crippen LogP contribution in [0.1, 0.15) is 28.4 Å². The van der Waals surface area contributed by atoms with Crippen molar-refractivity contribution >= 4 is 23.2 Å². The first-order valence-electron chi connectivity index (χ1n) is 6.22. The number of halogens is 2. The molecule has 0 spiro atoms. The first-order chi connectivity index (χ1) is 9.43. The highest BCUT2D eigenvalue weighted by atomic mass is 35.5. The molecule has 0 radical (unpaired) electrons. The van der Waals surface area contributed by atoms with E-state index in [0.29, 0.717) is 21.4 Å². The van der Waals surface area contributed by atoms with Gasteiger partial charge in [-0.1, -0.05) is 35.3 Å². The average molecular weight is 311 g/mol. The number of benzene rings is 2. The van der Waals surface area contributed by atoms with E-state index in [9.17, 15) is 5.11 Å². The molecule has 2 aromatic carbocycles. The Kier molecular flexibility index (Phi) is 4.59. The van der Waals surface area contributed by atoms with Crippen LogP contribution in [-0.2, 0) is 0 Å². The molecule has 1 atom stereocenters.